The van der Waals surface area contributed by atoms with Crippen LogP contribution in [0.1, 0.15) is 47.4 Å². The summed E-state index contributed by atoms with van der Waals surface area (Å²) in [6.45, 7) is 6.11. The van der Waals surface area contributed by atoms with E-state index in [1.807, 2.05) is 20.8 Å². The van der Waals surface area contributed by atoms with Crippen molar-refractivity contribution >= 4 is 5.91 Å². The van der Waals surface area contributed by atoms with Gasteiger partial charge in [0.05, 0.1) is 30.3 Å². The van der Waals surface area contributed by atoms with Crippen LogP contribution in [-0.4, -0.2) is 30.8 Å². The summed E-state index contributed by atoms with van der Waals surface area (Å²) in [6.07, 6.45) is 4.73. The van der Waals surface area contributed by atoms with Gasteiger partial charge in [0.2, 0.25) is 0 Å². The Morgan fingerprint density at radius 1 is 1.31 bits per heavy atom. The van der Waals surface area contributed by atoms with Crippen molar-refractivity contribution in [3.8, 4) is 17.3 Å². The van der Waals surface area contributed by atoms with Crippen LogP contribution in [0.3, 0.4) is 0 Å². The number of aromatic nitrogens is 5. The summed E-state index contributed by atoms with van der Waals surface area (Å²) >= 11 is 0. The standard InChI is InChI=1S/C20H20N6O3/c1-12(2)18-24-20(29-25-18)14-6-7-21-17(9-14)26-13(3)16(11-23-26)19(27)22-10-15-5-4-8-28-15/h4-9,11-12H,10H2,1-3H3,(H,22,27). The maximum absolute atomic E-state index is 12.5. The maximum Gasteiger partial charge on any atom is 0.258 e. The van der Waals surface area contributed by atoms with Crippen LogP contribution < -0.4 is 5.32 Å². The molecule has 0 aliphatic rings. The Kier molecular flexibility index (Phi) is 4.94. The Balaban J connectivity index is 1.56. The van der Waals surface area contributed by atoms with Gasteiger partial charge in [-0.05, 0) is 31.2 Å². The Morgan fingerprint density at radius 3 is 2.90 bits per heavy atom. The molecular formula is C20H20N6O3. The molecule has 0 radical (unpaired) electrons. The lowest BCUT2D eigenvalue weighted by Crippen LogP contribution is -2.23. The molecule has 4 rings (SSSR count). The lowest BCUT2D eigenvalue weighted by molar-refractivity contribution is 0.0947. The molecule has 4 heterocycles. The van der Waals surface area contributed by atoms with Crippen molar-refractivity contribution < 1.29 is 13.7 Å². The van der Waals surface area contributed by atoms with Crippen LogP contribution >= 0.6 is 0 Å². The number of rotatable bonds is 6. The molecule has 0 atom stereocenters. The fourth-order valence-corrected chi connectivity index (χ4v) is 2.79. The molecule has 29 heavy (non-hydrogen) atoms. The van der Waals surface area contributed by atoms with Gasteiger partial charge < -0.3 is 14.3 Å². The molecule has 4 aromatic heterocycles. The molecule has 9 heteroatoms. The third-order valence-electron chi connectivity index (χ3n) is 4.43. The number of carbonyl (C=O) groups excluding carboxylic acids is 1. The van der Waals surface area contributed by atoms with Gasteiger partial charge in [0.25, 0.3) is 11.8 Å². The predicted molar refractivity (Wildman–Crippen MR) is 103 cm³/mol. The molecule has 0 spiro atoms. The van der Waals surface area contributed by atoms with Crippen LogP contribution in [0.15, 0.2) is 51.9 Å². The van der Waals surface area contributed by atoms with Gasteiger partial charge >= 0.3 is 0 Å². The second-order valence-corrected chi connectivity index (χ2v) is 6.83. The van der Waals surface area contributed by atoms with Gasteiger partial charge in [-0.25, -0.2) is 9.67 Å². The average Bonchev–Trinajstić information content (AvgIpc) is 3.47. The van der Waals surface area contributed by atoms with E-state index in [1.165, 1.54) is 6.20 Å². The predicted octanol–water partition coefficient (Wildman–Crippen LogP) is 3.27. The summed E-state index contributed by atoms with van der Waals surface area (Å²) < 4.78 is 12.2. The number of nitrogens with one attached hydrogen (secondary N) is 1. The highest BCUT2D eigenvalue weighted by Crippen LogP contribution is 2.22. The lowest BCUT2D eigenvalue weighted by atomic mass is 10.2. The van der Waals surface area contributed by atoms with Gasteiger partial charge in [0.1, 0.15) is 5.76 Å². The fraction of sp³-hybridized carbons (Fsp3) is 0.250. The van der Waals surface area contributed by atoms with Gasteiger partial charge in [-0.15, -0.1) is 0 Å². The second kappa shape index (κ2) is 7.70. The number of amides is 1. The number of furan rings is 1. The highest BCUT2D eigenvalue weighted by Gasteiger charge is 2.17. The van der Waals surface area contributed by atoms with Crippen LogP contribution in [0.4, 0.5) is 0 Å². The van der Waals surface area contributed by atoms with Crippen molar-refractivity contribution in [1.29, 1.82) is 0 Å². The SMILES string of the molecule is Cc1c(C(=O)NCc2ccco2)cnn1-c1cc(-c2nc(C(C)C)no2)ccn1. The van der Waals surface area contributed by atoms with Gasteiger partial charge in [-0.2, -0.15) is 10.1 Å². The average molecular weight is 392 g/mol. The summed E-state index contributed by atoms with van der Waals surface area (Å²) in [5, 5.41) is 11.1. The minimum Gasteiger partial charge on any atom is -0.467 e. The summed E-state index contributed by atoms with van der Waals surface area (Å²) in [6, 6.07) is 7.16. The molecule has 0 unspecified atom stereocenters. The monoisotopic (exact) mass is 392 g/mol. The zero-order valence-electron chi connectivity index (χ0n) is 16.3. The lowest BCUT2D eigenvalue weighted by Gasteiger charge is -2.06. The fourth-order valence-electron chi connectivity index (χ4n) is 2.79. The zero-order chi connectivity index (χ0) is 20.4. The van der Waals surface area contributed by atoms with E-state index < -0.39 is 0 Å². The third kappa shape index (κ3) is 3.79. The highest BCUT2D eigenvalue weighted by molar-refractivity contribution is 5.95. The number of carbonyl (C=O) groups is 1. The molecule has 0 fully saturated rings. The van der Waals surface area contributed by atoms with Crippen molar-refractivity contribution in [2.24, 2.45) is 0 Å². The number of hydrogen-bond donors (Lipinski definition) is 1. The summed E-state index contributed by atoms with van der Waals surface area (Å²) in [5.41, 5.74) is 1.86. The molecule has 0 aromatic carbocycles. The van der Waals surface area contributed by atoms with Gasteiger partial charge in [0.15, 0.2) is 11.6 Å². The number of nitrogens with zero attached hydrogens (tertiary/aromatic N) is 5. The molecule has 0 bridgehead atoms. The van der Waals surface area contributed by atoms with E-state index in [0.717, 1.165) is 5.56 Å². The van der Waals surface area contributed by atoms with Crippen LogP contribution in [0, 0.1) is 6.92 Å². The second-order valence-electron chi connectivity index (χ2n) is 6.83. The first-order valence-electron chi connectivity index (χ1n) is 9.18. The topological polar surface area (TPSA) is 112 Å². The summed E-state index contributed by atoms with van der Waals surface area (Å²) in [4.78, 5) is 21.3. The van der Waals surface area contributed by atoms with Crippen molar-refractivity contribution in [1.82, 2.24) is 30.2 Å². The van der Waals surface area contributed by atoms with Crippen LogP contribution in [0.5, 0.6) is 0 Å². The number of pyridine rings is 1. The van der Waals surface area contributed by atoms with Crippen molar-refractivity contribution in [2.45, 2.75) is 33.2 Å². The van der Waals surface area contributed by atoms with Gasteiger partial charge in [-0.3, -0.25) is 4.79 Å². The minimum absolute atomic E-state index is 0.171. The van der Waals surface area contributed by atoms with Gasteiger partial charge in [0, 0.05) is 17.7 Å². The molecule has 0 saturated carbocycles. The summed E-state index contributed by atoms with van der Waals surface area (Å²) in [7, 11) is 0. The van der Waals surface area contributed by atoms with E-state index >= 15 is 0 Å². The molecule has 4 aromatic rings. The largest absolute Gasteiger partial charge is 0.467 e. The maximum atomic E-state index is 12.5. The first-order valence-corrected chi connectivity index (χ1v) is 9.18. The van der Waals surface area contributed by atoms with Crippen molar-refractivity contribution in [3.63, 3.8) is 0 Å². The van der Waals surface area contributed by atoms with Crippen LogP contribution in [0.25, 0.3) is 17.3 Å². The minimum atomic E-state index is -0.236. The van der Waals surface area contributed by atoms with E-state index in [1.54, 1.807) is 41.4 Å². The Hall–Kier alpha value is -3.75. The first kappa shape index (κ1) is 18.6. The zero-order valence-corrected chi connectivity index (χ0v) is 16.3. The van der Waals surface area contributed by atoms with Crippen LogP contribution in [-0.2, 0) is 6.54 Å². The molecule has 148 valence electrons. The van der Waals surface area contributed by atoms with E-state index in [0.29, 0.717) is 41.1 Å². The van der Waals surface area contributed by atoms with E-state index in [2.05, 4.69) is 25.5 Å². The molecule has 1 N–H and O–H groups in total. The molecule has 9 nitrogen and oxygen atoms in total. The molecule has 0 aliphatic carbocycles. The Morgan fingerprint density at radius 2 is 2.17 bits per heavy atom. The normalized spacial score (nSPS) is 11.2. The Bertz CT molecular complexity index is 1130. The van der Waals surface area contributed by atoms with E-state index in [9.17, 15) is 4.79 Å². The van der Waals surface area contributed by atoms with E-state index in [-0.39, 0.29) is 11.8 Å². The first-order chi connectivity index (χ1) is 14.0. The van der Waals surface area contributed by atoms with Crippen molar-refractivity contribution in [3.05, 3.63) is 65.8 Å². The molecule has 1 amide bonds. The molecule has 0 aliphatic heterocycles. The highest BCUT2D eigenvalue weighted by atomic mass is 16.5. The van der Waals surface area contributed by atoms with Crippen LogP contribution in [0.2, 0.25) is 0 Å². The van der Waals surface area contributed by atoms with Gasteiger partial charge in [-0.1, -0.05) is 19.0 Å². The third-order valence-corrected chi connectivity index (χ3v) is 4.43. The Labute approximate surface area is 166 Å². The summed E-state index contributed by atoms with van der Waals surface area (Å²) in [5.74, 6) is 2.22. The quantitative estimate of drug-likeness (QED) is 0.536. The number of hydrogen-bond acceptors (Lipinski definition) is 7. The van der Waals surface area contributed by atoms with Crippen molar-refractivity contribution in [2.75, 3.05) is 0 Å². The molecular weight excluding hydrogens is 372 g/mol. The smallest absolute Gasteiger partial charge is 0.258 e. The molecule has 0 saturated heterocycles. The van der Waals surface area contributed by atoms with E-state index in [4.69, 9.17) is 8.94 Å².